The first kappa shape index (κ1) is 14.9. The van der Waals surface area contributed by atoms with E-state index in [1.807, 2.05) is 61.5 Å². The number of benzene rings is 2. The Labute approximate surface area is 124 Å². The van der Waals surface area contributed by atoms with Crippen molar-refractivity contribution in [1.82, 2.24) is 0 Å². The molecule has 3 nitrogen and oxygen atoms in total. The summed E-state index contributed by atoms with van der Waals surface area (Å²) in [5.41, 5.74) is 2.16. The van der Waals surface area contributed by atoms with Gasteiger partial charge in [0.2, 0.25) is 0 Å². The Hall–Kier alpha value is -2.55. The fourth-order valence-electron chi connectivity index (χ4n) is 1.71. The summed E-state index contributed by atoms with van der Waals surface area (Å²) in [7, 11) is 0. The van der Waals surface area contributed by atoms with Gasteiger partial charge in [-0.3, -0.25) is 0 Å². The monoisotopic (exact) mass is 282 g/mol. The Kier molecular flexibility index (Phi) is 5.59. The molecule has 0 radical (unpaired) electrons. The molecule has 0 saturated heterocycles. The molecule has 108 valence electrons. The van der Waals surface area contributed by atoms with Crippen molar-refractivity contribution in [1.29, 1.82) is 0 Å². The van der Waals surface area contributed by atoms with Crippen molar-refractivity contribution in [3.05, 3.63) is 71.8 Å². The van der Waals surface area contributed by atoms with E-state index in [4.69, 9.17) is 9.47 Å². The van der Waals surface area contributed by atoms with Gasteiger partial charge in [0.05, 0.1) is 0 Å². The normalized spacial score (nSPS) is 10.5. The molecule has 0 aliphatic rings. The van der Waals surface area contributed by atoms with Crippen LogP contribution in [0.25, 0.3) is 6.08 Å². The summed E-state index contributed by atoms with van der Waals surface area (Å²) in [5.74, 6) is 0.399. The van der Waals surface area contributed by atoms with Gasteiger partial charge in [-0.2, -0.15) is 0 Å². The number of rotatable bonds is 6. The summed E-state index contributed by atoms with van der Waals surface area (Å²) in [5, 5.41) is 0. The molecule has 0 N–H and O–H groups in total. The van der Waals surface area contributed by atoms with Crippen LogP contribution in [0.3, 0.4) is 0 Å². The van der Waals surface area contributed by atoms with Crippen molar-refractivity contribution in [3.8, 4) is 5.75 Å². The first-order valence-electron chi connectivity index (χ1n) is 6.83. The predicted molar refractivity (Wildman–Crippen MR) is 83.1 cm³/mol. The third-order valence-electron chi connectivity index (χ3n) is 2.83. The van der Waals surface area contributed by atoms with Crippen LogP contribution in [0.4, 0.5) is 0 Å². The molecule has 0 unspecified atom stereocenters. The van der Waals surface area contributed by atoms with E-state index in [-0.39, 0.29) is 12.6 Å². The maximum absolute atomic E-state index is 11.5. The largest absolute Gasteiger partial charge is 0.490 e. The Bertz CT molecular complexity index is 586. The molecule has 3 heteroatoms. The molecule has 0 amide bonds. The van der Waals surface area contributed by atoms with Crippen LogP contribution in [-0.4, -0.2) is 19.2 Å². The Morgan fingerprint density at radius 2 is 1.71 bits per heavy atom. The highest BCUT2D eigenvalue weighted by Gasteiger charge is 1.98. The van der Waals surface area contributed by atoms with Crippen molar-refractivity contribution >= 4 is 12.0 Å². The first-order chi connectivity index (χ1) is 10.2. The lowest BCUT2D eigenvalue weighted by Crippen LogP contribution is -2.10. The maximum atomic E-state index is 11.5. The standard InChI is InChI=1S/C18H18O3/c1-15-7-9-16(10-8-15)11-12-18(19)21-14-13-20-17-5-3-2-4-6-17/h2-12H,13-14H2,1H3. The van der Waals surface area contributed by atoms with Gasteiger partial charge in [0.15, 0.2) is 0 Å². The zero-order chi connectivity index (χ0) is 14.9. The molecule has 2 aromatic carbocycles. The molecule has 0 heterocycles. The average Bonchev–Trinajstić information content (AvgIpc) is 2.52. The quantitative estimate of drug-likeness (QED) is 0.461. The number of carbonyl (C=O) groups excluding carboxylic acids is 1. The van der Waals surface area contributed by atoms with E-state index in [1.54, 1.807) is 6.08 Å². The first-order valence-corrected chi connectivity index (χ1v) is 6.83. The minimum absolute atomic E-state index is 0.228. The third-order valence-corrected chi connectivity index (χ3v) is 2.83. The molecular formula is C18H18O3. The lowest BCUT2D eigenvalue weighted by Gasteiger charge is -2.05. The number of esters is 1. The molecule has 0 atom stereocenters. The molecule has 0 aliphatic heterocycles. The maximum Gasteiger partial charge on any atom is 0.330 e. The van der Waals surface area contributed by atoms with Crippen molar-refractivity contribution in [2.75, 3.05) is 13.2 Å². The number of carbonyl (C=O) groups is 1. The number of ether oxygens (including phenoxy) is 2. The van der Waals surface area contributed by atoms with E-state index in [2.05, 4.69) is 0 Å². The van der Waals surface area contributed by atoms with Gasteiger partial charge in [0.1, 0.15) is 19.0 Å². The van der Waals surface area contributed by atoms with Gasteiger partial charge < -0.3 is 9.47 Å². The second-order valence-electron chi connectivity index (χ2n) is 4.57. The van der Waals surface area contributed by atoms with Crippen molar-refractivity contribution < 1.29 is 14.3 Å². The van der Waals surface area contributed by atoms with Gasteiger partial charge >= 0.3 is 5.97 Å². The van der Waals surface area contributed by atoms with E-state index in [1.165, 1.54) is 11.6 Å². The van der Waals surface area contributed by atoms with Crippen molar-refractivity contribution in [3.63, 3.8) is 0 Å². The van der Waals surface area contributed by atoms with Gasteiger partial charge in [0.25, 0.3) is 0 Å². The highest BCUT2D eigenvalue weighted by molar-refractivity contribution is 5.87. The van der Waals surface area contributed by atoms with Crippen LogP contribution < -0.4 is 4.74 Å². The molecule has 0 spiro atoms. The minimum atomic E-state index is -0.368. The highest BCUT2D eigenvalue weighted by atomic mass is 16.6. The molecule has 0 aromatic heterocycles. The zero-order valence-electron chi connectivity index (χ0n) is 12.0. The van der Waals surface area contributed by atoms with E-state index in [0.717, 1.165) is 11.3 Å². The van der Waals surface area contributed by atoms with E-state index >= 15 is 0 Å². The molecule has 0 saturated carbocycles. The van der Waals surface area contributed by atoms with E-state index < -0.39 is 0 Å². The molecule has 21 heavy (non-hydrogen) atoms. The minimum Gasteiger partial charge on any atom is -0.490 e. The summed E-state index contributed by atoms with van der Waals surface area (Å²) >= 11 is 0. The SMILES string of the molecule is Cc1ccc(C=CC(=O)OCCOc2ccccc2)cc1. The van der Waals surface area contributed by atoms with Gasteiger partial charge in [-0.05, 0) is 30.7 Å². The summed E-state index contributed by atoms with van der Waals surface area (Å²) in [6.45, 7) is 2.59. The molecule has 0 aliphatic carbocycles. The van der Waals surface area contributed by atoms with Crippen LogP contribution in [0.2, 0.25) is 0 Å². The van der Waals surface area contributed by atoms with Gasteiger partial charge in [0, 0.05) is 6.08 Å². The summed E-state index contributed by atoms with van der Waals surface area (Å²) in [6, 6.07) is 17.3. The number of aryl methyl sites for hydroxylation is 1. The van der Waals surface area contributed by atoms with Crippen LogP contribution in [0, 0.1) is 6.92 Å². The predicted octanol–water partition coefficient (Wildman–Crippen LogP) is 3.63. The smallest absolute Gasteiger partial charge is 0.330 e. The lowest BCUT2D eigenvalue weighted by atomic mass is 10.1. The Morgan fingerprint density at radius 3 is 2.43 bits per heavy atom. The van der Waals surface area contributed by atoms with E-state index in [0.29, 0.717) is 6.61 Å². The summed E-state index contributed by atoms with van der Waals surface area (Å²) in [4.78, 5) is 11.5. The fraction of sp³-hybridized carbons (Fsp3) is 0.167. The molecular weight excluding hydrogens is 264 g/mol. The van der Waals surface area contributed by atoms with Crippen LogP contribution in [0.15, 0.2) is 60.7 Å². The van der Waals surface area contributed by atoms with Crippen LogP contribution in [0.1, 0.15) is 11.1 Å². The number of para-hydroxylation sites is 1. The van der Waals surface area contributed by atoms with Crippen molar-refractivity contribution in [2.24, 2.45) is 0 Å². The average molecular weight is 282 g/mol. The Morgan fingerprint density at radius 1 is 1.00 bits per heavy atom. The second-order valence-corrected chi connectivity index (χ2v) is 4.57. The molecule has 2 rings (SSSR count). The highest BCUT2D eigenvalue weighted by Crippen LogP contribution is 2.08. The van der Waals surface area contributed by atoms with Gasteiger partial charge in [-0.1, -0.05) is 48.0 Å². The van der Waals surface area contributed by atoms with Crippen LogP contribution >= 0.6 is 0 Å². The van der Waals surface area contributed by atoms with E-state index in [9.17, 15) is 4.79 Å². The van der Waals surface area contributed by atoms with Crippen molar-refractivity contribution in [2.45, 2.75) is 6.92 Å². The van der Waals surface area contributed by atoms with Gasteiger partial charge in [-0.25, -0.2) is 4.79 Å². The summed E-state index contributed by atoms with van der Waals surface area (Å²) in [6.07, 6.45) is 3.16. The molecule has 0 bridgehead atoms. The fourth-order valence-corrected chi connectivity index (χ4v) is 1.71. The number of hydrogen-bond donors (Lipinski definition) is 0. The van der Waals surface area contributed by atoms with Gasteiger partial charge in [-0.15, -0.1) is 0 Å². The molecule has 0 fully saturated rings. The second kappa shape index (κ2) is 7.90. The van der Waals surface area contributed by atoms with Crippen LogP contribution in [-0.2, 0) is 9.53 Å². The third kappa shape index (κ3) is 5.53. The zero-order valence-corrected chi connectivity index (χ0v) is 12.0. The molecule has 2 aromatic rings. The lowest BCUT2D eigenvalue weighted by molar-refractivity contribution is -0.138. The van der Waals surface area contributed by atoms with Crippen LogP contribution in [0.5, 0.6) is 5.75 Å². The topological polar surface area (TPSA) is 35.5 Å². The number of hydrogen-bond acceptors (Lipinski definition) is 3. The Balaban J connectivity index is 1.69. The summed E-state index contributed by atoms with van der Waals surface area (Å²) < 4.78 is 10.5.